The molecule has 0 saturated carbocycles. The van der Waals surface area contributed by atoms with Crippen LogP contribution in [0.4, 0.5) is 0 Å². The van der Waals surface area contributed by atoms with Crippen LogP contribution in [0.1, 0.15) is 43.0 Å². The van der Waals surface area contributed by atoms with E-state index in [4.69, 9.17) is 4.42 Å². The van der Waals surface area contributed by atoms with Crippen molar-refractivity contribution in [3.63, 3.8) is 0 Å². The summed E-state index contributed by atoms with van der Waals surface area (Å²) in [6.45, 7) is 5.23. The summed E-state index contributed by atoms with van der Waals surface area (Å²) in [6, 6.07) is 15.2. The minimum atomic E-state index is 0.0153. The molecule has 0 N–H and O–H groups in total. The first-order chi connectivity index (χ1) is 15.6. The van der Waals surface area contributed by atoms with Crippen LogP contribution in [0.3, 0.4) is 0 Å². The number of carbonyl (C=O) groups is 2. The SMILES string of the molecule is CC(C(=O)N1CCCC1)C1CCN(C(=O)c2ccc3nc(-c4ccccc4)oc3c2)CC1. The number of amides is 2. The van der Waals surface area contributed by atoms with E-state index >= 15 is 0 Å². The van der Waals surface area contributed by atoms with Gasteiger partial charge < -0.3 is 14.2 Å². The van der Waals surface area contributed by atoms with Gasteiger partial charge in [-0.15, -0.1) is 0 Å². The van der Waals surface area contributed by atoms with E-state index < -0.39 is 0 Å². The van der Waals surface area contributed by atoms with Gasteiger partial charge in [-0.1, -0.05) is 25.1 Å². The summed E-state index contributed by atoms with van der Waals surface area (Å²) in [5.41, 5.74) is 2.90. The summed E-state index contributed by atoms with van der Waals surface area (Å²) >= 11 is 0. The second-order valence-corrected chi connectivity index (χ2v) is 9.02. The van der Waals surface area contributed by atoms with E-state index in [2.05, 4.69) is 11.9 Å². The molecule has 0 radical (unpaired) electrons. The molecular weight excluding hydrogens is 402 g/mol. The molecule has 2 amide bonds. The summed E-state index contributed by atoms with van der Waals surface area (Å²) in [7, 11) is 0. The van der Waals surface area contributed by atoms with Crippen molar-refractivity contribution in [1.29, 1.82) is 0 Å². The van der Waals surface area contributed by atoms with Crippen LogP contribution in [0.5, 0.6) is 0 Å². The van der Waals surface area contributed by atoms with E-state index in [1.165, 1.54) is 0 Å². The molecule has 32 heavy (non-hydrogen) atoms. The van der Waals surface area contributed by atoms with Gasteiger partial charge >= 0.3 is 0 Å². The number of hydrogen-bond acceptors (Lipinski definition) is 4. The zero-order valence-electron chi connectivity index (χ0n) is 18.5. The molecule has 166 valence electrons. The normalized spacial score (nSPS) is 18.3. The lowest BCUT2D eigenvalue weighted by atomic mass is 9.84. The fraction of sp³-hybridized carbons (Fsp3) is 0.423. The van der Waals surface area contributed by atoms with Gasteiger partial charge in [0.2, 0.25) is 11.8 Å². The highest BCUT2D eigenvalue weighted by Gasteiger charge is 2.33. The molecule has 1 atom stereocenters. The molecule has 3 aromatic rings. The number of rotatable bonds is 4. The van der Waals surface area contributed by atoms with E-state index in [0.29, 0.717) is 36.0 Å². The Morgan fingerprint density at radius 1 is 0.969 bits per heavy atom. The van der Waals surface area contributed by atoms with Gasteiger partial charge in [-0.3, -0.25) is 9.59 Å². The number of oxazole rings is 1. The monoisotopic (exact) mass is 431 g/mol. The Bertz CT molecular complexity index is 1110. The second kappa shape index (κ2) is 8.77. The van der Waals surface area contributed by atoms with Crippen LogP contribution < -0.4 is 0 Å². The second-order valence-electron chi connectivity index (χ2n) is 9.02. The van der Waals surface area contributed by atoms with Crippen molar-refractivity contribution in [3.8, 4) is 11.5 Å². The Kier molecular flexibility index (Phi) is 5.68. The Labute approximate surface area is 188 Å². The first kappa shape index (κ1) is 20.7. The molecular formula is C26H29N3O3. The summed E-state index contributed by atoms with van der Waals surface area (Å²) < 4.78 is 5.93. The largest absolute Gasteiger partial charge is 0.436 e. The number of piperidine rings is 1. The zero-order chi connectivity index (χ0) is 22.1. The highest BCUT2D eigenvalue weighted by Crippen LogP contribution is 2.29. The van der Waals surface area contributed by atoms with Crippen LogP contribution in [-0.2, 0) is 4.79 Å². The Hall–Kier alpha value is -3.15. The molecule has 0 bridgehead atoms. The maximum Gasteiger partial charge on any atom is 0.253 e. The van der Waals surface area contributed by atoms with Crippen LogP contribution >= 0.6 is 0 Å². The highest BCUT2D eigenvalue weighted by molar-refractivity contribution is 5.97. The van der Waals surface area contributed by atoms with Crippen molar-refractivity contribution in [1.82, 2.24) is 14.8 Å². The van der Waals surface area contributed by atoms with Gasteiger partial charge in [0.25, 0.3) is 5.91 Å². The van der Waals surface area contributed by atoms with Gasteiger partial charge in [-0.25, -0.2) is 4.98 Å². The summed E-state index contributed by atoms with van der Waals surface area (Å²) in [6.07, 6.45) is 3.98. The number of nitrogens with zero attached hydrogens (tertiary/aromatic N) is 3. The molecule has 2 aromatic carbocycles. The summed E-state index contributed by atoms with van der Waals surface area (Å²) in [5.74, 6) is 1.24. The number of benzene rings is 2. The number of hydrogen-bond donors (Lipinski definition) is 0. The summed E-state index contributed by atoms with van der Waals surface area (Å²) in [5, 5.41) is 0. The lowest BCUT2D eigenvalue weighted by Crippen LogP contribution is -2.43. The Balaban J connectivity index is 1.24. The smallest absolute Gasteiger partial charge is 0.253 e. The van der Waals surface area contributed by atoms with E-state index in [1.54, 1.807) is 6.07 Å². The fourth-order valence-corrected chi connectivity index (χ4v) is 4.97. The minimum Gasteiger partial charge on any atom is -0.436 e. The maximum absolute atomic E-state index is 13.1. The topological polar surface area (TPSA) is 66.7 Å². The van der Waals surface area contributed by atoms with Gasteiger partial charge in [0.1, 0.15) is 5.52 Å². The summed E-state index contributed by atoms with van der Waals surface area (Å²) in [4.78, 5) is 34.3. The Morgan fingerprint density at radius 3 is 2.41 bits per heavy atom. The lowest BCUT2D eigenvalue weighted by Gasteiger charge is -2.35. The first-order valence-electron chi connectivity index (χ1n) is 11.6. The van der Waals surface area contributed by atoms with Crippen molar-refractivity contribution < 1.29 is 14.0 Å². The molecule has 0 spiro atoms. The third-order valence-electron chi connectivity index (χ3n) is 7.00. The fourth-order valence-electron chi connectivity index (χ4n) is 4.97. The van der Waals surface area contributed by atoms with Gasteiger partial charge in [-0.2, -0.15) is 0 Å². The third kappa shape index (κ3) is 4.01. The number of carbonyl (C=O) groups excluding carboxylic acids is 2. The number of likely N-dealkylation sites (tertiary alicyclic amines) is 2. The van der Waals surface area contributed by atoms with Crippen molar-refractivity contribution in [2.24, 2.45) is 11.8 Å². The highest BCUT2D eigenvalue weighted by atomic mass is 16.3. The van der Waals surface area contributed by atoms with Crippen molar-refractivity contribution in [2.75, 3.05) is 26.2 Å². The van der Waals surface area contributed by atoms with Gasteiger partial charge in [0.05, 0.1) is 0 Å². The van der Waals surface area contributed by atoms with Gasteiger partial charge in [-0.05, 0) is 61.9 Å². The third-order valence-corrected chi connectivity index (χ3v) is 7.00. The molecule has 2 aliphatic heterocycles. The Morgan fingerprint density at radius 2 is 1.69 bits per heavy atom. The van der Waals surface area contributed by atoms with E-state index in [1.807, 2.05) is 52.3 Å². The quantitative estimate of drug-likeness (QED) is 0.605. The van der Waals surface area contributed by atoms with E-state index in [9.17, 15) is 9.59 Å². The lowest BCUT2D eigenvalue weighted by molar-refractivity contribution is -0.136. The average molecular weight is 432 g/mol. The van der Waals surface area contributed by atoms with E-state index in [-0.39, 0.29) is 17.7 Å². The molecule has 1 unspecified atom stereocenters. The average Bonchev–Trinajstić information content (AvgIpc) is 3.53. The standard InChI is InChI=1S/C26H29N3O3/c1-18(25(30)28-13-5-6-14-28)19-11-15-29(16-12-19)26(31)21-9-10-22-23(17-21)32-24(27-22)20-7-3-2-4-8-20/h2-4,7-10,17-19H,5-6,11-16H2,1H3. The predicted octanol–water partition coefficient (Wildman–Crippen LogP) is 4.61. The molecule has 6 heteroatoms. The zero-order valence-corrected chi connectivity index (χ0v) is 18.5. The van der Waals surface area contributed by atoms with Crippen LogP contribution in [-0.4, -0.2) is 52.8 Å². The van der Waals surface area contributed by atoms with Gasteiger partial charge in [0, 0.05) is 43.2 Å². The van der Waals surface area contributed by atoms with E-state index in [0.717, 1.165) is 49.9 Å². The van der Waals surface area contributed by atoms with Crippen molar-refractivity contribution in [2.45, 2.75) is 32.6 Å². The number of aromatic nitrogens is 1. The van der Waals surface area contributed by atoms with Gasteiger partial charge in [0.15, 0.2) is 5.58 Å². The molecule has 2 aliphatic rings. The molecule has 5 rings (SSSR count). The number of fused-ring (bicyclic) bond motifs is 1. The maximum atomic E-state index is 13.1. The van der Waals surface area contributed by atoms with Crippen LogP contribution in [0.2, 0.25) is 0 Å². The predicted molar refractivity (Wildman–Crippen MR) is 123 cm³/mol. The van der Waals surface area contributed by atoms with Crippen molar-refractivity contribution >= 4 is 22.9 Å². The first-order valence-corrected chi connectivity index (χ1v) is 11.6. The molecule has 2 saturated heterocycles. The molecule has 1 aromatic heterocycles. The molecule has 3 heterocycles. The van der Waals surface area contributed by atoms with Crippen LogP contribution in [0.25, 0.3) is 22.6 Å². The molecule has 0 aliphatic carbocycles. The van der Waals surface area contributed by atoms with Crippen LogP contribution in [0.15, 0.2) is 52.9 Å². The molecule has 6 nitrogen and oxygen atoms in total. The minimum absolute atomic E-state index is 0.0153. The van der Waals surface area contributed by atoms with Crippen molar-refractivity contribution in [3.05, 3.63) is 54.1 Å². The van der Waals surface area contributed by atoms with Crippen LogP contribution in [0, 0.1) is 11.8 Å². The molecule has 2 fully saturated rings.